The number of carbonyl (C=O) groups is 1. The molecule has 154 valence electrons. The lowest BCUT2D eigenvalue weighted by atomic mass is 10.2. The van der Waals surface area contributed by atoms with Gasteiger partial charge in [-0.1, -0.05) is 11.8 Å². The Morgan fingerprint density at radius 2 is 1.83 bits per heavy atom. The zero-order valence-corrected chi connectivity index (χ0v) is 17.8. The molecule has 2 aliphatic heterocycles. The minimum Gasteiger partial charge on any atom is -0.486 e. The average Bonchev–Trinajstić information content (AvgIpc) is 3.34. The first kappa shape index (κ1) is 19.2. The number of amides is 1. The molecule has 0 unspecified atom stereocenters. The molecule has 0 saturated carbocycles. The van der Waals surface area contributed by atoms with Crippen LogP contribution >= 0.6 is 23.1 Å². The highest BCUT2D eigenvalue weighted by atomic mass is 32.2. The van der Waals surface area contributed by atoms with E-state index in [4.69, 9.17) is 9.47 Å². The summed E-state index contributed by atoms with van der Waals surface area (Å²) in [5.74, 6) is 1.50. The fourth-order valence-electron chi connectivity index (χ4n) is 3.48. The van der Waals surface area contributed by atoms with Gasteiger partial charge in [0.1, 0.15) is 18.2 Å². The first-order chi connectivity index (χ1) is 14.8. The molecule has 2 aromatic heterocycles. The summed E-state index contributed by atoms with van der Waals surface area (Å²) in [6.45, 7) is 4.01. The molecule has 9 heteroatoms. The number of aromatic nitrogens is 2. The Kier molecular flexibility index (Phi) is 5.46. The van der Waals surface area contributed by atoms with Crippen molar-refractivity contribution in [1.29, 1.82) is 0 Å². The third-order valence-electron chi connectivity index (χ3n) is 4.99. The molecule has 5 rings (SSSR count). The minimum absolute atomic E-state index is 0.0157. The molecule has 1 aromatic carbocycles. The first-order valence-electron chi connectivity index (χ1n) is 9.74. The van der Waals surface area contributed by atoms with Gasteiger partial charge in [0, 0.05) is 48.8 Å². The summed E-state index contributed by atoms with van der Waals surface area (Å²) in [4.78, 5) is 27.2. The fraction of sp³-hybridized carbons (Fsp3) is 0.286. The van der Waals surface area contributed by atoms with Gasteiger partial charge in [0.05, 0.1) is 5.56 Å². The molecule has 0 atom stereocenters. The van der Waals surface area contributed by atoms with Gasteiger partial charge in [-0.2, -0.15) is 0 Å². The Morgan fingerprint density at radius 1 is 1.00 bits per heavy atom. The molecular weight excluding hydrogens is 420 g/mol. The van der Waals surface area contributed by atoms with Crippen LogP contribution < -0.4 is 14.4 Å². The lowest BCUT2D eigenvalue weighted by Crippen LogP contribution is -2.48. The SMILES string of the molecule is O=C(c1cccnc1Sc1ccc2c(c1)OCCO2)N1CCN(c2nccs2)CC1. The molecule has 3 aromatic rings. The Morgan fingerprint density at radius 3 is 2.63 bits per heavy atom. The first-order valence-corrected chi connectivity index (χ1v) is 11.4. The van der Waals surface area contributed by atoms with Crippen LogP contribution in [0.5, 0.6) is 11.5 Å². The van der Waals surface area contributed by atoms with Crippen LogP contribution in [0.3, 0.4) is 0 Å². The average molecular weight is 441 g/mol. The normalized spacial score (nSPS) is 15.9. The highest BCUT2D eigenvalue weighted by Crippen LogP contribution is 2.37. The van der Waals surface area contributed by atoms with Crippen LogP contribution in [-0.4, -0.2) is 60.2 Å². The number of hydrogen-bond donors (Lipinski definition) is 0. The van der Waals surface area contributed by atoms with E-state index < -0.39 is 0 Å². The number of carbonyl (C=O) groups excluding carboxylic acids is 1. The second-order valence-corrected chi connectivity index (χ2v) is 8.79. The van der Waals surface area contributed by atoms with Gasteiger partial charge in [0.2, 0.25) is 0 Å². The Hall–Kier alpha value is -2.78. The maximum absolute atomic E-state index is 13.2. The highest BCUT2D eigenvalue weighted by molar-refractivity contribution is 7.99. The molecule has 1 saturated heterocycles. The molecule has 0 spiro atoms. The standard InChI is InChI=1S/C21H20N4O3S2/c26-20(24-7-9-25(10-8-24)21-23-6-13-29-21)16-2-1-5-22-19(16)30-15-3-4-17-18(14-15)28-12-11-27-17/h1-6,13-14H,7-12H2. The van der Waals surface area contributed by atoms with Gasteiger partial charge < -0.3 is 19.3 Å². The van der Waals surface area contributed by atoms with Crippen LogP contribution in [-0.2, 0) is 0 Å². The number of nitrogens with zero attached hydrogens (tertiary/aromatic N) is 4. The van der Waals surface area contributed by atoms with Gasteiger partial charge in [-0.15, -0.1) is 11.3 Å². The molecule has 7 nitrogen and oxygen atoms in total. The van der Waals surface area contributed by atoms with E-state index in [0.29, 0.717) is 36.9 Å². The molecule has 4 heterocycles. The van der Waals surface area contributed by atoms with E-state index in [0.717, 1.165) is 34.6 Å². The van der Waals surface area contributed by atoms with E-state index in [1.165, 1.54) is 11.8 Å². The number of benzene rings is 1. The van der Waals surface area contributed by atoms with E-state index in [2.05, 4.69) is 14.9 Å². The summed E-state index contributed by atoms with van der Waals surface area (Å²) in [5, 5.41) is 3.68. The predicted molar refractivity (Wildman–Crippen MR) is 116 cm³/mol. The second-order valence-electron chi connectivity index (χ2n) is 6.86. The van der Waals surface area contributed by atoms with Crippen LogP contribution in [0.15, 0.2) is 58.0 Å². The van der Waals surface area contributed by atoms with Crippen LogP contribution in [0, 0.1) is 0 Å². The lowest BCUT2D eigenvalue weighted by molar-refractivity contribution is 0.0742. The molecule has 0 radical (unpaired) electrons. The Bertz CT molecular complexity index is 1040. The summed E-state index contributed by atoms with van der Waals surface area (Å²) in [5.41, 5.74) is 0.625. The molecule has 0 N–H and O–H groups in total. The number of anilines is 1. The summed E-state index contributed by atoms with van der Waals surface area (Å²) in [6.07, 6.45) is 3.53. The molecule has 0 bridgehead atoms. The summed E-state index contributed by atoms with van der Waals surface area (Å²) in [7, 11) is 0. The molecule has 1 amide bonds. The van der Waals surface area contributed by atoms with Crippen molar-refractivity contribution in [1.82, 2.24) is 14.9 Å². The maximum atomic E-state index is 13.2. The number of fused-ring (bicyclic) bond motifs is 1. The number of piperazine rings is 1. The molecule has 2 aliphatic rings. The molecule has 0 aliphatic carbocycles. The van der Waals surface area contributed by atoms with E-state index in [1.807, 2.05) is 46.8 Å². The molecule has 1 fully saturated rings. The quantitative estimate of drug-likeness (QED) is 0.616. The van der Waals surface area contributed by atoms with Crippen molar-refractivity contribution >= 4 is 34.1 Å². The Labute approximate surface area is 182 Å². The summed E-state index contributed by atoms with van der Waals surface area (Å²) < 4.78 is 11.3. The van der Waals surface area contributed by atoms with Crippen LogP contribution in [0.4, 0.5) is 5.13 Å². The second kappa shape index (κ2) is 8.53. The number of thiazole rings is 1. The predicted octanol–water partition coefficient (Wildman–Crippen LogP) is 3.42. The summed E-state index contributed by atoms with van der Waals surface area (Å²) >= 11 is 3.09. The van der Waals surface area contributed by atoms with Gasteiger partial charge in [-0.25, -0.2) is 9.97 Å². The van der Waals surface area contributed by atoms with Crippen molar-refractivity contribution in [3.05, 3.63) is 53.7 Å². The number of ether oxygens (including phenoxy) is 2. The van der Waals surface area contributed by atoms with Crippen LogP contribution in [0.2, 0.25) is 0 Å². The number of hydrogen-bond acceptors (Lipinski definition) is 8. The van der Waals surface area contributed by atoms with Crippen molar-refractivity contribution < 1.29 is 14.3 Å². The smallest absolute Gasteiger partial charge is 0.256 e. The van der Waals surface area contributed by atoms with E-state index in [-0.39, 0.29) is 5.91 Å². The van der Waals surface area contributed by atoms with E-state index in [9.17, 15) is 4.79 Å². The van der Waals surface area contributed by atoms with Crippen molar-refractivity contribution in [2.45, 2.75) is 9.92 Å². The number of pyridine rings is 1. The Balaban J connectivity index is 1.30. The zero-order valence-electron chi connectivity index (χ0n) is 16.2. The van der Waals surface area contributed by atoms with Crippen LogP contribution in [0.25, 0.3) is 0 Å². The molecular formula is C21H20N4O3S2. The molecule has 30 heavy (non-hydrogen) atoms. The topological polar surface area (TPSA) is 67.8 Å². The van der Waals surface area contributed by atoms with Gasteiger partial charge in [0.15, 0.2) is 16.6 Å². The van der Waals surface area contributed by atoms with Crippen molar-refractivity contribution in [2.75, 3.05) is 44.3 Å². The fourth-order valence-corrected chi connectivity index (χ4v) is 5.08. The van der Waals surface area contributed by atoms with E-state index in [1.54, 1.807) is 17.5 Å². The third kappa shape index (κ3) is 3.95. The lowest BCUT2D eigenvalue weighted by Gasteiger charge is -2.34. The highest BCUT2D eigenvalue weighted by Gasteiger charge is 2.25. The van der Waals surface area contributed by atoms with Crippen LogP contribution in [0.1, 0.15) is 10.4 Å². The maximum Gasteiger partial charge on any atom is 0.256 e. The van der Waals surface area contributed by atoms with Crippen molar-refractivity contribution in [3.8, 4) is 11.5 Å². The minimum atomic E-state index is 0.0157. The third-order valence-corrected chi connectivity index (χ3v) is 6.83. The van der Waals surface area contributed by atoms with E-state index >= 15 is 0 Å². The van der Waals surface area contributed by atoms with Gasteiger partial charge in [0.25, 0.3) is 5.91 Å². The largest absolute Gasteiger partial charge is 0.486 e. The summed E-state index contributed by atoms with van der Waals surface area (Å²) in [6, 6.07) is 9.47. The zero-order chi connectivity index (χ0) is 20.3. The van der Waals surface area contributed by atoms with Gasteiger partial charge in [-0.05, 0) is 30.3 Å². The van der Waals surface area contributed by atoms with Gasteiger partial charge >= 0.3 is 0 Å². The van der Waals surface area contributed by atoms with Crippen molar-refractivity contribution in [3.63, 3.8) is 0 Å². The number of rotatable bonds is 4. The van der Waals surface area contributed by atoms with Crippen molar-refractivity contribution in [2.24, 2.45) is 0 Å². The van der Waals surface area contributed by atoms with Gasteiger partial charge in [-0.3, -0.25) is 4.79 Å². The monoisotopic (exact) mass is 440 g/mol.